The second-order valence-corrected chi connectivity index (χ2v) is 5.46. The SMILES string of the molecule is CCNC(C)(CCN(CCOC)C(C)C)C(=O)OCC. The Bertz CT molecular complexity index is 272. The predicted molar refractivity (Wildman–Crippen MR) is 81.9 cm³/mol. The summed E-state index contributed by atoms with van der Waals surface area (Å²) in [5.41, 5.74) is -0.620. The molecule has 1 N–H and O–H groups in total. The Morgan fingerprint density at radius 2 is 1.95 bits per heavy atom. The van der Waals surface area contributed by atoms with Crippen LogP contribution in [0.25, 0.3) is 0 Å². The lowest BCUT2D eigenvalue weighted by molar-refractivity contribution is -0.151. The van der Waals surface area contributed by atoms with E-state index in [9.17, 15) is 4.79 Å². The molecule has 0 heterocycles. The molecule has 0 aliphatic carbocycles. The van der Waals surface area contributed by atoms with Crippen molar-refractivity contribution in [2.45, 2.75) is 52.6 Å². The summed E-state index contributed by atoms with van der Waals surface area (Å²) in [6.07, 6.45) is 0.724. The number of rotatable bonds is 11. The third-order valence-corrected chi connectivity index (χ3v) is 3.50. The molecule has 20 heavy (non-hydrogen) atoms. The van der Waals surface area contributed by atoms with Crippen molar-refractivity contribution in [1.82, 2.24) is 10.2 Å². The highest BCUT2D eigenvalue weighted by Gasteiger charge is 2.34. The van der Waals surface area contributed by atoms with E-state index >= 15 is 0 Å². The van der Waals surface area contributed by atoms with E-state index in [0.717, 1.165) is 26.1 Å². The van der Waals surface area contributed by atoms with Gasteiger partial charge in [-0.25, -0.2) is 0 Å². The Balaban J connectivity index is 4.59. The van der Waals surface area contributed by atoms with Gasteiger partial charge >= 0.3 is 5.97 Å². The van der Waals surface area contributed by atoms with Gasteiger partial charge in [0.15, 0.2) is 0 Å². The van der Waals surface area contributed by atoms with Crippen LogP contribution in [0.5, 0.6) is 0 Å². The van der Waals surface area contributed by atoms with Crippen LogP contribution in [0.15, 0.2) is 0 Å². The molecule has 0 aromatic carbocycles. The fourth-order valence-electron chi connectivity index (χ4n) is 2.15. The fraction of sp³-hybridized carbons (Fsp3) is 0.933. The van der Waals surface area contributed by atoms with Crippen LogP contribution in [0.2, 0.25) is 0 Å². The van der Waals surface area contributed by atoms with Crippen LogP contribution in [-0.4, -0.2) is 62.4 Å². The molecule has 120 valence electrons. The van der Waals surface area contributed by atoms with Crippen molar-refractivity contribution in [1.29, 1.82) is 0 Å². The number of carbonyl (C=O) groups is 1. The van der Waals surface area contributed by atoms with Gasteiger partial charge in [-0.15, -0.1) is 0 Å². The molecule has 5 heteroatoms. The molecule has 0 saturated heterocycles. The summed E-state index contributed by atoms with van der Waals surface area (Å²) < 4.78 is 10.3. The van der Waals surface area contributed by atoms with Crippen LogP contribution in [0.4, 0.5) is 0 Å². The van der Waals surface area contributed by atoms with Gasteiger partial charge in [-0.1, -0.05) is 6.92 Å². The summed E-state index contributed by atoms with van der Waals surface area (Å²) in [6, 6.07) is 0.429. The maximum Gasteiger partial charge on any atom is 0.326 e. The molecule has 0 spiro atoms. The average molecular weight is 288 g/mol. The zero-order valence-corrected chi connectivity index (χ0v) is 14.0. The van der Waals surface area contributed by atoms with E-state index in [4.69, 9.17) is 9.47 Å². The van der Waals surface area contributed by atoms with Crippen molar-refractivity contribution in [2.24, 2.45) is 0 Å². The number of methoxy groups -OCH3 is 1. The zero-order chi connectivity index (χ0) is 15.6. The van der Waals surface area contributed by atoms with E-state index in [1.54, 1.807) is 7.11 Å². The molecule has 1 unspecified atom stereocenters. The maximum atomic E-state index is 12.1. The van der Waals surface area contributed by atoms with Crippen molar-refractivity contribution < 1.29 is 14.3 Å². The van der Waals surface area contributed by atoms with E-state index in [-0.39, 0.29) is 5.97 Å². The van der Waals surface area contributed by atoms with Crippen molar-refractivity contribution >= 4 is 5.97 Å². The first-order valence-electron chi connectivity index (χ1n) is 7.56. The minimum Gasteiger partial charge on any atom is -0.465 e. The lowest BCUT2D eigenvalue weighted by Gasteiger charge is -2.33. The molecule has 0 amide bonds. The third kappa shape index (κ3) is 6.68. The van der Waals surface area contributed by atoms with Crippen molar-refractivity contribution in [2.75, 3.05) is 40.0 Å². The Hall–Kier alpha value is -0.650. The molecule has 1 atom stereocenters. The summed E-state index contributed by atoms with van der Waals surface area (Å²) in [4.78, 5) is 14.4. The van der Waals surface area contributed by atoms with Gasteiger partial charge in [0.1, 0.15) is 5.54 Å². The summed E-state index contributed by atoms with van der Waals surface area (Å²) in [5, 5.41) is 3.26. The molecule has 0 rings (SSSR count). The summed E-state index contributed by atoms with van der Waals surface area (Å²) >= 11 is 0. The number of esters is 1. The number of nitrogens with zero attached hydrogens (tertiary/aromatic N) is 1. The zero-order valence-electron chi connectivity index (χ0n) is 14.0. The molecule has 0 saturated carbocycles. The van der Waals surface area contributed by atoms with Gasteiger partial charge in [-0.05, 0) is 40.7 Å². The highest BCUT2D eigenvalue weighted by Crippen LogP contribution is 2.14. The number of likely N-dealkylation sites (N-methyl/N-ethyl adjacent to an activating group) is 1. The van der Waals surface area contributed by atoms with Crippen LogP contribution in [0.3, 0.4) is 0 Å². The van der Waals surface area contributed by atoms with Crippen molar-refractivity contribution in [3.05, 3.63) is 0 Å². The highest BCUT2D eigenvalue weighted by atomic mass is 16.5. The van der Waals surface area contributed by atoms with Gasteiger partial charge in [-0.2, -0.15) is 0 Å². The van der Waals surface area contributed by atoms with E-state index in [2.05, 4.69) is 24.1 Å². The molecule has 0 aliphatic rings. The standard InChI is InChI=1S/C15H32N2O3/c1-7-16-15(5,14(18)20-8-2)9-10-17(13(3)4)11-12-19-6/h13,16H,7-12H2,1-6H3. The monoisotopic (exact) mass is 288 g/mol. The normalized spacial score (nSPS) is 14.6. The second kappa shape index (κ2) is 10.1. The fourth-order valence-corrected chi connectivity index (χ4v) is 2.15. The number of nitrogens with one attached hydrogen (secondary N) is 1. The Labute approximate surface area is 124 Å². The minimum absolute atomic E-state index is 0.169. The van der Waals surface area contributed by atoms with Gasteiger partial charge in [0.25, 0.3) is 0 Å². The molecular weight excluding hydrogens is 256 g/mol. The molecule has 0 aromatic rings. The maximum absolute atomic E-state index is 12.1. The van der Waals surface area contributed by atoms with Crippen molar-refractivity contribution in [3.63, 3.8) is 0 Å². The van der Waals surface area contributed by atoms with Crippen LogP contribution >= 0.6 is 0 Å². The van der Waals surface area contributed by atoms with E-state index in [1.165, 1.54) is 0 Å². The van der Waals surface area contributed by atoms with Gasteiger partial charge in [-0.3, -0.25) is 9.69 Å². The lowest BCUT2D eigenvalue weighted by atomic mass is 9.97. The molecule has 5 nitrogen and oxygen atoms in total. The Morgan fingerprint density at radius 3 is 2.40 bits per heavy atom. The number of carbonyl (C=O) groups excluding carboxylic acids is 1. The Kier molecular flexibility index (Phi) is 9.80. The largest absolute Gasteiger partial charge is 0.465 e. The number of ether oxygens (including phenoxy) is 2. The summed E-state index contributed by atoms with van der Waals surface area (Å²) in [7, 11) is 1.71. The lowest BCUT2D eigenvalue weighted by Crippen LogP contribution is -2.52. The van der Waals surface area contributed by atoms with Gasteiger partial charge in [0.2, 0.25) is 0 Å². The van der Waals surface area contributed by atoms with E-state index in [1.807, 2.05) is 20.8 Å². The summed E-state index contributed by atoms with van der Waals surface area (Å²) in [5.74, 6) is -0.169. The second-order valence-electron chi connectivity index (χ2n) is 5.46. The quantitative estimate of drug-likeness (QED) is 0.586. The average Bonchev–Trinajstić information content (AvgIpc) is 2.39. The first-order chi connectivity index (χ1) is 9.41. The summed E-state index contributed by atoms with van der Waals surface area (Å²) in [6.45, 7) is 13.6. The predicted octanol–water partition coefficient (Wildman–Crippen LogP) is 1.66. The first kappa shape index (κ1) is 19.4. The van der Waals surface area contributed by atoms with Crippen LogP contribution in [0.1, 0.15) is 41.0 Å². The van der Waals surface area contributed by atoms with Gasteiger partial charge in [0.05, 0.1) is 13.2 Å². The number of hydrogen-bond acceptors (Lipinski definition) is 5. The molecule has 0 fully saturated rings. The van der Waals surface area contributed by atoms with Gasteiger partial charge in [0, 0.05) is 26.2 Å². The smallest absolute Gasteiger partial charge is 0.326 e. The van der Waals surface area contributed by atoms with Crippen LogP contribution < -0.4 is 5.32 Å². The molecule has 0 aliphatic heterocycles. The van der Waals surface area contributed by atoms with E-state index < -0.39 is 5.54 Å². The van der Waals surface area contributed by atoms with Crippen LogP contribution in [0, 0.1) is 0 Å². The topological polar surface area (TPSA) is 50.8 Å². The highest BCUT2D eigenvalue weighted by molar-refractivity contribution is 5.80. The molecule has 0 aromatic heterocycles. The molecule has 0 bridgehead atoms. The first-order valence-corrected chi connectivity index (χ1v) is 7.56. The number of hydrogen-bond donors (Lipinski definition) is 1. The van der Waals surface area contributed by atoms with Crippen LogP contribution in [-0.2, 0) is 14.3 Å². The molecular formula is C15H32N2O3. The minimum atomic E-state index is -0.620. The van der Waals surface area contributed by atoms with Gasteiger partial charge < -0.3 is 14.8 Å². The Morgan fingerprint density at radius 1 is 1.30 bits per heavy atom. The van der Waals surface area contributed by atoms with Crippen molar-refractivity contribution in [3.8, 4) is 0 Å². The van der Waals surface area contributed by atoms with E-state index in [0.29, 0.717) is 19.3 Å². The molecule has 0 radical (unpaired) electrons. The third-order valence-electron chi connectivity index (χ3n) is 3.50.